The SMILES string of the molecule is C=CNC(CC)=NCC(N)C(O)N1CC(OC2=C(C(=O)O)C3OB(O)CCC3C=C2)C1. The molecule has 10 nitrogen and oxygen atoms in total. The Morgan fingerprint density at radius 3 is 2.97 bits per heavy atom. The molecule has 0 bridgehead atoms. The number of amidine groups is 1. The van der Waals surface area contributed by atoms with Crippen LogP contribution in [0.4, 0.5) is 0 Å². The number of nitrogens with two attached hydrogens (primary N) is 1. The fraction of sp³-hybridized carbons (Fsp3) is 0.600. The monoisotopic (exact) mass is 434 g/mol. The van der Waals surface area contributed by atoms with Crippen LogP contribution in [-0.2, 0) is 14.2 Å². The van der Waals surface area contributed by atoms with Gasteiger partial charge in [-0.15, -0.1) is 0 Å². The number of allylic oxidation sites excluding steroid dienone is 1. The Morgan fingerprint density at radius 2 is 2.32 bits per heavy atom. The summed E-state index contributed by atoms with van der Waals surface area (Å²) in [7, 11) is -0.975. The van der Waals surface area contributed by atoms with Crippen molar-refractivity contribution in [3.8, 4) is 0 Å². The summed E-state index contributed by atoms with van der Waals surface area (Å²) < 4.78 is 11.4. The second-order valence-electron chi connectivity index (χ2n) is 7.96. The molecule has 0 amide bonds. The molecule has 0 spiro atoms. The Bertz CT molecular complexity index is 767. The number of carboxylic acid groups (broad SMARTS) is 1. The average molecular weight is 434 g/mol. The van der Waals surface area contributed by atoms with E-state index in [4.69, 9.17) is 15.1 Å². The van der Waals surface area contributed by atoms with E-state index in [2.05, 4.69) is 16.9 Å². The maximum Gasteiger partial charge on any atom is 0.454 e. The van der Waals surface area contributed by atoms with E-state index in [0.29, 0.717) is 32.3 Å². The van der Waals surface area contributed by atoms with E-state index in [1.54, 1.807) is 17.2 Å². The lowest BCUT2D eigenvalue weighted by Crippen LogP contribution is -2.61. The molecule has 0 aromatic carbocycles. The van der Waals surface area contributed by atoms with Crippen molar-refractivity contribution in [2.45, 2.75) is 50.6 Å². The molecule has 31 heavy (non-hydrogen) atoms. The maximum absolute atomic E-state index is 11.9. The summed E-state index contributed by atoms with van der Waals surface area (Å²) in [6, 6.07) is -0.574. The molecule has 0 saturated carbocycles. The molecule has 4 atom stereocenters. The lowest BCUT2D eigenvalue weighted by atomic mass is 9.71. The molecule has 2 heterocycles. The number of aliphatic hydroxyl groups is 1. The number of likely N-dealkylation sites (tertiary alicyclic amines) is 1. The summed E-state index contributed by atoms with van der Waals surface area (Å²) in [6.07, 6.45) is 5.01. The van der Waals surface area contributed by atoms with Crippen LogP contribution in [0.3, 0.4) is 0 Å². The zero-order chi connectivity index (χ0) is 22.5. The van der Waals surface area contributed by atoms with Crippen LogP contribution in [0.5, 0.6) is 0 Å². The fourth-order valence-electron chi connectivity index (χ4n) is 3.97. The number of aliphatic carboxylic acids is 1. The standard InChI is InChI=1S/C20H31BN4O6/c1-3-16(23-4-2)24-9-14(22)19(26)25-10-13(11-25)30-15-6-5-12-7-8-21(29)31-18(12)17(15)20(27)28/h4-6,12-14,18-19,26,29H,2-3,7-11,22H2,1H3,(H,23,24)(H,27,28). The third kappa shape index (κ3) is 5.55. The van der Waals surface area contributed by atoms with Crippen molar-refractivity contribution < 1.29 is 29.4 Å². The first-order valence-electron chi connectivity index (χ1n) is 10.6. The van der Waals surface area contributed by atoms with Crippen molar-refractivity contribution in [1.29, 1.82) is 0 Å². The highest BCUT2D eigenvalue weighted by Crippen LogP contribution is 2.36. The molecule has 3 aliphatic rings. The molecule has 6 N–H and O–H groups in total. The Labute approximate surface area is 182 Å². The molecule has 1 aliphatic carbocycles. The Kier molecular flexibility index (Phi) is 7.90. The maximum atomic E-state index is 11.9. The first-order chi connectivity index (χ1) is 14.8. The highest BCUT2D eigenvalue weighted by Gasteiger charge is 2.42. The number of nitrogens with zero attached hydrogens (tertiary/aromatic N) is 2. The van der Waals surface area contributed by atoms with E-state index in [9.17, 15) is 20.0 Å². The van der Waals surface area contributed by atoms with E-state index in [0.717, 1.165) is 5.84 Å². The van der Waals surface area contributed by atoms with Gasteiger partial charge in [-0.2, -0.15) is 0 Å². The summed E-state index contributed by atoms with van der Waals surface area (Å²) >= 11 is 0. The van der Waals surface area contributed by atoms with Crippen molar-refractivity contribution >= 4 is 18.9 Å². The van der Waals surface area contributed by atoms with Gasteiger partial charge in [0.1, 0.15) is 23.7 Å². The minimum Gasteiger partial charge on any atom is -0.487 e. The van der Waals surface area contributed by atoms with E-state index >= 15 is 0 Å². The molecule has 170 valence electrons. The zero-order valence-electron chi connectivity index (χ0n) is 17.7. The Morgan fingerprint density at radius 1 is 1.58 bits per heavy atom. The van der Waals surface area contributed by atoms with E-state index in [1.165, 1.54) is 0 Å². The number of carboxylic acids is 1. The van der Waals surface area contributed by atoms with Crippen LogP contribution in [0.1, 0.15) is 19.8 Å². The molecule has 11 heteroatoms. The molecule has 2 fully saturated rings. The fourth-order valence-corrected chi connectivity index (χ4v) is 3.97. The lowest BCUT2D eigenvalue weighted by Gasteiger charge is -2.44. The van der Waals surface area contributed by atoms with Crippen molar-refractivity contribution in [2.75, 3.05) is 19.6 Å². The van der Waals surface area contributed by atoms with Crippen LogP contribution in [0.2, 0.25) is 6.32 Å². The number of fused-ring (bicyclic) bond motifs is 1. The summed E-state index contributed by atoms with van der Waals surface area (Å²) in [4.78, 5) is 18.0. The first kappa shape index (κ1) is 23.5. The third-order valence-electron chi connectivity index (χ3n) is 5.74. The van der Waals surface area contributed by atoms with Crippen molar-refractivity contribution in [3.05, 3.63) is 36.3 Å². The summed E-state index contributed by atoms with van der Waals surface area (Å²) in [5.41, 5.74) is 6.10. The number of hydrogen-bond donors (Lipinski definition) is 5. The number of nitrogens with one attached hydrogen (secondary N) is 1. The van der Waals surface area contributed by atoms with Gasteiger partial charge in [0.25, 0.3) is 0 Å². The quantitative estimate of drug-likeness (QED) is 0.187. The molecule has 3 rings (SSSR count). The predicted molar refractivity (Wildman–Crippen MR) is 116 cm³/mol. The van der Waals surface area contributed by atoms with Gasteiger partial charge in [-0.1, -0.05) is 19.6 Å². The van der Waals surface area contributed by atoms with Gasteiger partial charge in [-0.3, -0.25) is 9.89 Å². The predicted octanol–water partition coefficient (Wildman–Crippen LogP) is -0.331. The third-order valence-corrected chi connectivity index (χ3v) is 5.74. The zero-order valence-corrected chi connectivity index (χ0v) is 17.7. The number of aliphatic hydroxyl groups excluding tert-OH is 1. The van der Waals surface area contributed by atoms with E-state index in [1.807, 2.05) is 13.0 Å². The first-order valence-corrected chi connectivity index (χ1v) is 10.6. The smallest absolute Gasteiger partial charge is 0.454 e. The van der Waals surface area contributed by atoms with Crippen LogP contribution < -0.4 is 11.1 Å². The van der Waals surface area contributed by atoms with Gasteiger partial charge in [0, 0.05) is 25.4 Å². The van der Waals surface area contributed by atoms with Gasteiger partial charge >= 0.3 is 13.1 Å². The topological polar surface area (TPSA) is 150 Å². The van der Waals surface area contributed by atoms with Crippen LogP contribution >= 0.6 is 0 Å². The minimum absolute atomic E-state index is 0.0260. The Balaban J connectivity index is 1.56. The molecule has 4 unspecified atom stereocenters. The highest BCUT2D eigenvalue weighted by molar-refractivity contribution is 6.43. The van der Waals surface area contributed by atoms with Gasteiger partial charge in [-0.05, 0) is 25.0 Å². The molecule has 0 aromatic heterocycles. The van der Waals surface area contributed by atoms with Crippen molar-refractivity contribution in [3.63, 3.8) is 0 Å². The molecule has 0 aromatic rings. The number of rotatable bonds is 9. The van der Waals surface area contributed by atoms with Crippen LogP contribution in [0.15, 0.2) is 41.3 Å². The highest BCUT2D eigenvalue weighted by atomic mass is 16.5. The van der Waals surface area contributed by atoms with Crippen molar-refractivity contribution in [2.24, 2.45) is 16.6 Å². The van der Waals surface area contributed by atoms with E-state index in [-0.39, 0.29) is 29.9 Å². The normalized spacial score (nSPS) is 26.7. The van der Waals surface area contributed by atoms with Gasteiger partial charge < -0.3 is 35.7 Å². The summed E-state index contributed by atoms with van der Waals surface area (Å²) in [5, 5.41) is 32.9. The van der Waals surface area contributed by atoms with Crippen LogP contribution in [-0.4, -0.2) is 83.2 Å². The number of carbonyl (C=O) groups is 1. The van der Waals surface area contributed by atoms with Gasteiger partial charge in [-0.25, -0.2) is 4.79 Å². The van der Waals surface area contributed by atoms with Crippen molar-refractivity contribution in [1.82, 2.24) is 10.2 Å². The molecular formula is C20H31BN4O6. The lowest BCUT2D eigenvalue weighted by molar-refractivity contribution is -0.135. The van der Waals surface area contributed by atoms with Gasteiger partial charge in [0.2, 0.25) is 0 Å². The largest absolute Gasteiger partial charge is 0.487 e. The van der Waals surface area contributed by atoms with Gasteiger partial charge in [0.15, 0.2) is 0 Å². The average Bonchev–Trinajstić information content (AvgIpc) is 2.71. The number of ether oxygens (including phenoxy) is 1. The number of hydrogen-bond acceptors (Lipinski definition) is 8. The van der Waals surface area contributed by atoms with E-state index < -0.39 is 31.5 Å². The Hall–Kier alpha value is -2.18. The summed E-state index contributed by atoms with van der Waals surface area (Å²) in [5.74, 6) is -0.241. The number of aliphatic imine (C=N–C) groups is 1. The van der Waals surface area contributed by atoms with Crippen LogP contribution in [0, 0.1) is 5.92 Å². The summed E-state index contributed by atoms with van der Waals surface area (Å²) in [6.45, 7) is 6.63. The second-order valence-corrected chi connectivity index (χ2v) is 7.96. The van der Waals surface area contributed by atoms with Gasteiger partial charge in [0.05, 0.1) is 24.5 Å². The van der Waals surface area contributed by atoms with Crippen LogP contribution in [0.25, 0.3) is 0 Å². The molecule has 2 aliphatic heterocycles. The molecular weight excluding hydrogens is 403 g/mol. The molecule has 2 saturated heterocycles. The molecule has 0 radical (unpaired) electrons. The minimum atomic E-state index is -1.13. The second kappa shape index (κ2) is 10.4.